The molecule has 1 aromatic rings. The Balaban J connectivity index is 2.07. The molecule has 5 heteroatoms. The van der Waals surface area contributed by atoms with Gasteiger partial charge in [0.05, 0.1) is 11.5 Å². The maximum absolute atomic E-state index is 12.2. The van der Waals surface area contributed by atoms with Crippen LogP contribution in [0.15, 0.2) is 6.07 Å². The minimum atomic E-state index is -0.906. The lowest BCUT2D eigenvalue weighted by molar-refractivity contribution is -0.126. The summed E-state index contributed by atoms with van der Waals surface area (Å²) in [6, 6.07) is 2.11. The van der Waals surface area contributed by atoms with Gasteiger partial charge in [0.2, 0.25) is 5.91 Å². The number of thiophene rings is 1. The molecule has 2 nitrogen and oxygen atoms in total. The van der Waals surface area contributed by atoms with Gasteiger partial charge in [0.1, 0.15) is 4.33 Å². The molecule has 1 saturated carbocycles. The van der Waals surface area contributed by atoms with Crippen LogP contribution in [0.5, 0.6) is 0 Å². The topological polar surface area (TPSA) is 29.1 Å². The molecule has 2 rings (SSSR count). The number of carbonyl (C=O) groups is 1. The first-order chi connectivity index (χ1) is 8.17. The van der Waals surface area contributed by atoms with E-state index in [1.165, 1.54) is 15.3 Å². The van der Waals surface area contributed by atoms with E-state index in [0.29, 0.717) is 6.42 Å². The Kier molecular flexibility index (Phi) is 3.46. The summed E-state index contributed by atoms with van der Waals surface area (Å²) >= 11 is 13.8. The molecule has 1 N–H and O–H groups in total. The summed E-state index contributed by atoms with van der Waals surface area (Å²) in [6.07, 6.45) is 0.517. The van der Waals surface area contributed by atoms with Crippen molar-refractivity contribution >= 4 is 40.4 Å². The Morgan fingerprint density at radius 2 is 2.06 bits per heavy atom. The summed E-state index contributed by atoms with van der Waals surface area (Å²) in [5, 5.41) is 3.01. The standard InChI is InChI=1S/C13H17Cl2NOS/c1-7-5-10(9(3)18-7)8(2)16-11(17)12(4)6-13(12,14)15/h5,8H,6H2,1-4H3,(H,16,17). The van der Waals surface area contributed by atoms with Gasteiger partial charge in [0, 0.05) is 9.75 Å². The molecule has 0 radical (unpaired) electrons. The number of amides is 1. The Bertz CT molecular complexity index is 497. The molecular formula is C13H17Cl2NOS. The zero-order valence-electron chi connectivity index (χ0n) is 10.9. The van der Waals surface area contributed by atoms with Crippen LogP contribution in [0.25, 0.3) is 0 Å². The third kappa shape index (κ3) is 2.28. The number of hydrogen-bond acceptors (Lipinski definition) is 2. The summed E-state index contributed by atoms with van der Waals surface area (Å²) in [6.45, 7) is 7.94. The lowest BCUT2D eigenvalue weighted by Crippen LogP contribution is -2.35. The highest BCUT2D eigenvalue weighted by molar-refractivity contribution is 7.12. The molecule has 1 fully saturated rings. The first-order valence-electron chi connectivity index (χ1n) is 5.93. The monoisotopic (exact) mass is 305 g/mol. The van der Waals surface area contributed by atoms with E-state index in [2.05, 4.69) is 25.2 Å². The van der Waals surface area contributed by atoms with Gasteiger partial charge in [0.15, 0.2) is 0 Å². The van der Waals surface area contributed by atoms with E-state index in [-0.39, 0.29) is 11.9 Å². The second kappa shape index (κ2) is 4.39. The van der Waals surface area contributed by atoms with Crippen molar-refractivity contribution in [3.63, 3.8) is 0 Å². The number of halogens is 2. The highest BCUT2D eigenvalue weighted by atomic mass is 35.5. The SMILES string of the molecule is Cc1cc(C(C)NC(=O)C2(C)CC2(Cl)Cl)c(C)s1. The van der Waals surface area contributed by atoms with Gasteiger partial charge < -0.3 is 5.32 Å². The van der Waals surface area contributed by atoms with Crippen molar-refractivity contribution in [2.45, 2.75) is 44.5 Å². The number of nitrogens with one attached hydrogen (secondary N) is 1. The molecule has 1 aliphatic carbocycles. The second-order valence-corrected chi connectivity index (χ2v) is 8.22. The third-order valence-corrected chi connectivity index (χ3v) is 5.74. The molecule has 18 heavy (non-hydrogen) atoms. The van der Waals surface area contributed by atoms with Crippen molar-refractivity contribution in [3.8, 4) is 0 Å². The van der Waals surface area contributed by atoms with Gasteiger partial charge in [-0.2, -0.15) is 0 Å². The Hall–Kier alpha value is -0.250. The molecule has 0 saturated heterocycles. The minimum Gasteiger partial charge on any atom is -0.349 e. The minimum absolute atomic E-state index is 0.0102. The second-order valence-electron chi connectivity index (χ2n) is 5.28. The van der Waals surface area contributed by atoms with E-state index in [1.807, 2.05) is 6.92 Å². The smallest absolute Gasteiger partial charge is 0.229 e. The van der Waals surface area contributed by atoms with Crippen LogP contribution in [0.2, 0.25) is 0 Å². The van der Waals surface area contributed by atoms with Gasteiger partial charge in [0.25, 0.3) is 0 Å². The van der Waals surface area contributed by atoms with Crippen LogP contribution in [-0.2, 0) is 4.79 Å². The highest BCUT2D eigenvalue weighted by Gasteiger charge is 2.67. The molecular weight excluding hydrogens is 289 g/mol. The largest absolute Gasteiger partial charge is 0.349 e. The van der Waals surface area contributed by atoms with E-state index < -0.39 is 9.75 Å². The molecule has 0 bridgehead atoms. The van der Waals surface area contributed by atoms with Gasteiger partial charge in [-0.3, -0.25) is 4.79 Å². The molecule has 1 aliphatic rings. The van der Waals surface area contributed by atoms with Gasteiger partial charge in [-0.15, -0.1) is 34.5 Å². The van der Waals surface area contributed by atoms with Gasteiger partial charge in [-0.1, -0.05) is 0 Å². The average molecular weight is 306 g/mol. The zero-order chi connectivity index (χ0) is 13.7. The molecule has 1 heterocycles. The highest BCUT2D eigenvalue weighted by Crippen LogP contribution is 2.63. The maximum atomic E-state index is 12.2. The fourth-order valence-corrected chi connectivity index (χ4v) is 3.89. The van der Waals surface area contributed by atoms with Crippen LogP contribution >= 0.6 is 34.5 Å². The molecule has 0 spiro atoms. The van der Waals surface area contributed by atoms with Crippen molar-refractivity contribution in [1.29, 1.82) is 0 Å². The molecule has 2 atom stereocenters. The summed E-state index contributed by atoms with van der Waals surface area (Å²) in [7, 11) is 0. The number of alkyl halides is 2. The predicted octanol–water partition coefficient (Wildman–Crippen LogP) is 4.13. The zero-order valence-corrected chi connectivity index (χ0v) is 13.3. The Morgan fingerprint density at radius 3 is 2.44 bits per heavy atom. The molecule has 0 aromatic carbocycles. The molecule has 1 amide bonds. The van der Waals surface area contributed by atoms with Crippen molar-refractivity contribution in [1.82, 2.24) is 5.32 Å². The van der Waals surface area contributed by atoms with Crippen LogP contribution in [0.3, 0.4) is 0 Å². The molecule has 0 aliphatic heterocycles. The van der Waals surface area contributed by atoms with Crippen LogP contribution in [-0.4, -0.2) is 10.2 Å². The number of carbonyl (C=O) groups excluding carboxylic acids is 1. The van der Waals surface area contributed by atoms with Crippen LogP contribution in [0.4, 0.5) is 0 Å². The Labute approximate surface area is 122 Å². The Morgan fingerprint density at radius 1 is 1.50 bits per heavy atom. The number of hydrogen-bond donors (Lipinski definition) is 1. The lowest BCUT2D eigenvalue weighted by atomic mass is 10.1. The van der Waals surface area contributed by atoms with Gasteiger partial charge in [-0.25, -0.2) is 0 Å². The van der Waals surface area contributed by atoms with Gasteiger partial charge in [-0.05, 0) is 45.7 Å². The number of aryl methyl sites for hydroxylation is 2. The summed E-state index contributed by atoms with van der Waals surface area (Å²) < 4.78 is -0.906. The predicted molar refractivity (Wildman–Crippen MR) is 77.5 cm³/mol. The summed E-state index contributed by atoms with van der Waals surface area (Å²) in [5.41, 5.74) is 0.522. The first kappa shape index (κ1) is 14.2. The van der Waals surface area contributed by atoms with Crippen LogP contribution in [0, 0.1) is 19.3 Å². The number of rotatable bonds is 3. The van der Waals surface area contributed by atoms with Crippen molar-refractivity contribution in [2.75, 3.05) is 0 Å². The van der Waals surface area contributed by atoms with Crippen molar-refractivity contribution in [2.24, 2.45) is 5.41 Å². The summed E-state index contributed by atoms with van der Waals surface area (Å²) in [5.74, 6) is -0.0664. The average Bonchev–Trinajstić information content (AvgIpc) is 2.59. The van der Waals surface area contributed by atoms with E-state index in [9.17, 15) is 4.79 Å². The van der Waals surface area contributed by atoms with E-state index >= 15 is 0 Å². The first-order valence-corrected chi connectivity index (χ1v) is 7.50. The van der Waals surface area contributed by atoms with Gasteiger partial charge >= 0.3 is 0 Å². The normalized spacial score (nSPS) is 26.8. The van der Waals surface area contributed by atoms with Crippen molar-refractivity contribution in [3.05, 3.63) is 21.4 Å². The third-order valence-electron chi connectivity index (χ3n) is 3.65. The maximum Gasteiger partial charge on any atom is 0.229 e. The van der Waals surface area contributed by atoms with E-state index in [4.69, 9.17) is 23.2 Å². The lowest BCUT2D eigenvalue weighted by Gasteiger charge is -2.18. The van der Waals surface area contributed by atoms with Crippen molar-refractivity contribution < 1.29 is 4.79 Å². The molecule has 2 unspecified atom stereocenters. The fourth-order valence-electron chi connectivity index (χ4n) is 2.16. The van der Waals surface area contributed by atoms with E-state index in [1.54, 1.807) is 18.3 Å². The van der Waals surface area contributed by atoms with Crippen LogP contribution < -0.4 is 5.32 Å². The quantitative estimate of drug-likeness (QED) is 0.836. The molecule has 1 aromatic heterocycles. The van der Waals surface area contributed by atoms with E-state index in [0.717, 1.165) is 0 Å². The summed E-state index contributed by atoms with van der Waals surface area (Å²) in [4.78, 5) is 14.7. The fraction of sp³-hybridized carbons (Fsp3) is 0.615. The molecule has 100 valence electrons. The van der Waals surface area contributed by atoms with Crippen LogP contribution in [0.1, 0.15) is 41.6 Å².